The average Bonchev–Trinajstić information content (AvgIpc) is 2.58. The fourth-order valence-corrected chi connectivity index (χ4v) is 3.72. The second-order valence-corrected chi connectivity index (χ2v) is 6.89. The molecule has 2 heterocycles. The minimum absolute atomic E-state index is 0.0720. The third-order valence-corrected chi connectivity index (χ3v) is 5.37. The van der Waals surface area contributed by atoms with Crippen molar-refractivity contribution in [3.8, 4) is 0 Å². The first-order valence-electron chi connectivity index (χ1n) is 8.56. The summed E-state index contributed by atoms with van der Waals surface area (Å²) in [7, 11) is 2.10. The van der Waals surface area contributed by atoms with Gasteiger partial charge in [-0.25, -0.2) is 0 Å². The Morgan fingerprint density at radius 2 is 2.00 bits per heavy atom. The van der Waals surface area contributed by atoms with E-state index in [2.05, 4.69) is 34.7 Å². The molecule has 2 aliphatic rings. The first-order valence-corrected chi connectivity index (χ1v) is 8.56. The number of hydrogen-bond donors (Lipinski definition) is 3. The molecule has 0 aliphatic carbocycles. The molecule has 23 heavy (non-hydrogen) atoms. The average molecular weight is 317 g/mol. The van der Waals surface area contributed by atoms with Crippen LogP contribution in [0.5, 0.6) is 0 Å². The molecule has 3 N–H and O–H groups in total. The van der Waals surface area contributed by atoms with Crippen molar-refractivity contribution < 1.29 is 9.90 Å². The Morgan fingerprint density at radius 1 is 1.30 bits per heavy atom. The zero-order chi connectivity index (χ0) is 16.3. The van der Waals surface area contributed by atoms with Crippen LogP contribution < -0.4 is 10.6 Å². The molecule has 2 fully saturated rings. The van der Waals surface area contributed by atoms with Gasteiger partial charge in [0.1, 0.15) is 0 Å². The van der Waals surface area contributed by atoms with Crippen molar-refractivity contribution in [2.24, 2.45) is 0 Å². The zero-order valence-electron chi connectivity index (χ0n) is 13.8. The maximum atomic E-state index is 13.2. The Morgan fingerprint density at radius 3 is 2.65 bits per heavy atom. The maximum absolute atomic E-state index is 13.2. The van der Waals surface area contributed by atoms with Crippen molar-refractivity contribution in [2.45, 2.75) is 36.8 Å². The SMILES string of the molecule is CN1CCC(C(=O)N[C@@H]2CCNC[C@H]2O)(c2ccccc2)CC1. The molecule has 2 aliphatic heterocycles. The molecule has 3 rings (SSSR count). The zero-order valence-corrected chi connectivity index (χ0v) is 13.8. The van der Waals surface area contributed by atoms with E-state index in [1.165, 1.54) is 0 Å². The van der Waals surface area contributed by atoms with E-state index in [0.29, 0.717) is 6.54 Å². The van der Waals surface area contributed by atoms with Gasteiger partial charge in [-0.1, -0.05) is 30.3 Å². The van der Waals surface area contributed by atoms with Crippen molar-refractivity contribution in [1.29, 1.82) is 0 Å². The number of carbonyl (C=O) groups excluding carboxylic acids is 1. The van der Waals surface area contributed by atoms with Crippen molar-refractivity contribution >= 4 is 5.91 Å². The van der Waals surface area contributed by atoms with Crippen LogP contribution in [0.2, 0.25) is 0 Å². The van der Waals surface area contributed by atoms with Gasteiger partial charge in [0.2, 0.25) is 5.91 Å². The van der Waals surface area contributed by atoms with Crippen LogP contribution in [0, 0.1) is 0 Å². The van der Waals surface area contributed by atoms with Gasteiger partial charge in [-0.05, 0) is 51.5 Å². The van der Waals surface area contributed by atoms with E-state index in [-0.39, 0.29) is 11.9 Å². The van der Waals surface area contributed by atoms with Crippen molar-refractivity contribution in [2.75, 3.05) is 33.2 Å². The number of benzene rings is 1. The quantitative estimate of drug-likeness (QED) is 0.759. The van der Waals surface area contributed by atoms with Crippen molar-refractivity contribution in [3.05, 3.63) is 35.9 Å². The topological polar surface area (TPSA) is 64.6 Å². The molecule has 126 valence electrons. The second kappa shape index (κ2) is 6.99. The standard InChI is InChI=1S/C18H27N3O2/c1-21-11-8-18(9-12-21,14-5-3-2-4-6-14)17(23)20-15-7-10-19-13-16(15)22/h2-6,15-16,19,22H,7-13H2,1H3,(H,20,23)/t15-,16-/m1/s1. The van der Waals surface area contributed by atoms with E-state index in [0.717, 1.165) is 44.5 Å². The number of β-amino-alcohol motifs (C(OH)–C–C–N with tert-alkyl or cyclic N) is 1. The Bertz CT molecular complexity index is 526. The van der Waals surface area contributed by atoms with Crippen LogP contribution in [0.4, 0.5) is 0 Å². The molecule has 2 atom stereocenters. The summed E-state index contributed by atoms with van der Waals surface area (Å²) in [5.74, 6) is 0.0720. The number of piperidine rings is 2. The summed E-state index contributed by atoms with van der Waals surface area (Å²) in [5, 5.41) is 16.4. The lowest BCUT2D eigenvalue weighted by molar-refractivity contribution is -0.130. The summed E-state index contributed by atoms with van der Waals surface area (Å²) in [6.07, 6.45) is 1.91. The number of aliphatic hydroxyl groups excluding tert-OH is 1. The molecule has 0 unspecified atom stereocenters. The molecule has 5 heteroatoms. The van der Waals surface area contributed by atoms with E-state index in [4.69, 9.17) is 0 Å². The van der Waals surface area contributed by atoms with Gasteiger partial charge >= 0.3 is 0 Å². The number of aliphatic hydroxyl groups is 1. The molecule has 0 aromatic heterocycles. The molecule has 2 saturated heterocycles. The highest BCUT2D eigenvalue weighted by molar-refractivity contribution is 5.88. The van der Waals surface area contributed by atoms with E-state index in [9.17, 15) is 9.90 Å². The Balaban J connectivity index is 1.82. The van der Waals surface area contributed by atoms with Gasteiger partial charge in [0.25, 0.3) is 0 Å². The number of nitrogens with zero attached hydrogens (tertiary/aromatic N) is 1. The van der Waals surface area contributed by atoms with Crippen LogP contribution in [-0.4, -0.2) is 61.3 Å². The lowest BCUT2D eigenvalue weighted by Gasteiger charge is -2.41. The molecule has 1 aromatic rings. The summed E-state index contributed by atoms with van der Waals surface area (Å²) < 4.78 is 0. The normalized spacial score (nSPS) is 28.3. The number of rotatable bonds is 3. The minimum atomic E-state index is -0.508. The fraction of sp³-hybridized carbons (Fsp3) is 0.611. The Kier molecular flexibility index (Phi) is 4.99. The molecular formula is C18H27N3O2. The first kappa shape index (κ1) is 16.4. The third kappa shape index (κ3) is 3.42. The molecule has 0 spiro atoms. The van der Waals surface area contributed by atoms with E-state index < -0.39 is 11.5 Å². The number of likely N-dealkylation sites (tertiary alicyclic amines) is 1. The van der Waals surface area contributed by atoms with Gasteiger partial charge in [0.05, 0.1) is 17.6 Å². The van der Waals surface area contributed by atoms with Gasteiger partial charge in [-0.2, -0.15) is 0 Å². The van der Waals surface area contributed by atoms with E-state index >= 15 is 0 Å². The van der Waals surface area contributed by atoms with Crippen LogP contribution in [0.3, 0.4) is 0 Å². The summed E-state index contributed by atoms with van der Waals surface area (Å²) in [6.45, 7) is 3.21. The highest BCUT2D eigenvalue weighted by atomic mass is 16.3. The predicted octanol–water partition coefficient (Wildman–Crippen LogP) is 0.489. The van der Waals surface area contributed by atoms with Gasteiger partial charge in [0, 0.05) is 6.54 Å². The molecule has 0 bridgehead atoms. The number of carbonyl (C=O) groups is 1. The highest BCUT2D eigenvalue weighted by Gasteiger charge is 2.43. The summed E-state index contributed by atoms with van der Waals surface area (Å²) in [5.41, 5.74) is 0.618. The molecular weight excluding hydrogens is 290 g/mol. The lowest BCUT2D eigenvalue weighted by Crippen LogP contribution is -2.58. The molecule has 1 amide bonds. The number of amides is 1. The highest BCUT2D eigenvalue weighted by Crippen LogP contribution is 2.35. The lowest BCUT2D eigenvalue weighted by atomic mass is 9.71. The Hall–Kier alpha value is -1.43. The van der Waals surface area contributed by atoms with Crippen LogP contribution >= 0.6 is 0 Å². The third-order valence-electron chi connectivity index (χ3n) is 5.37. The number of nitrogens with one attached hydrogen (secondary N) is 2. The molecule has 0 radical (unpaired) electrons. The van der Waals surface area contributed by atoms with Gasteiger partial charge < -0.3 is 20.6 Å². The van der Waals surface area contributed by atoms with E-state index in [1.54, 1.807) is 0 Å². The monoisotopic (exact) mass is 317 g/mol. The predicted molar refractivity (Wildman–Crippen MR) is 90.3 cm³/mol. The van der Waals surface area contributed by atoms with E-state index in [1.807, 2.05) is 18.2 Å². The summed E-state index contributed by atoms with van der Waals surface area (Å²) in [4.78, 5) is 15.5. The smallest absolute Gasteiger partial charge is 0.231 e. The van der Waals surface area contributed by atoms with Crippen LogP contribution in [-0.2, 0) is 10.2 Å². The molecule has 0 saturated carbocycles. The minimum Gasteiger partial charge on any atom is -0.390 e. The van der Waals surface area contributed by atoms with Crippen LogP contribution in [0.1, 0.15) is 24.8 Å². The maximum Gasteiger partial charge on any atom is 0.231 e. The van der Waals surface area contributed by atoms with Crippen LogP contribution in [0.25, 0.3) is 0 Å². The fourth-order valence-electron chi connectivity index (χ4n) is 3.72. The van der Waals surface area contributed by atoms with Gasteiger partial charge in [-0.3, -0.25) is 4.79 Å². The molecule has 5 nitrogen and oxygen atoms in total. The largest absolute Gasteiger partial charge is 0.390 e. The summed E-state index contributed by atoms with van der Waals surface area (Å²) in [6, 6.07) is 9.96. The number of hydrogen-bond acceptors (Lipinski definition) is 4. The van der Waals surface area contributed by atoms with Crippen molar-refractivity contribution in [1.82, 2.24) is 15.5 Å². The van der Waals surface area contributed by atoms with Gasteiger partial charge in [-0.15, -0.1) is 0 Å². The summed E-state index contributed by atoms with van der Waals surface area (Å²) >= 11 is 0. The Labute approximate surface area is 138 Å². The van der Waals surface area contributed by atoms with Gasteiger partial charge in [0.15, 0.2) is 0 Å². The van der Waals surface area contributed by atoms with Crippen molar-refractivity contribution in [3.63, 3.8) is 0 Å². The van der Waals surface area contributed by atoms with Crippen LogP contribution in [0.15, 0.2) is 30.3 Å². The molecule has 1 aromatic carbocycles. The first-order chi connectivity index (χ1) is 11.1. The second-order valence-electron chi connectivity index (χ2n) is 6.89.